The number of carbonyl (C=O) groups is 1. The fraction of sp³-hybridized carbons (Fsp3) is 0.591. The third-order valence-electron chi connectivity index (χ3n) is 13.3. The first kappa shape index (κ1) is 37.4. The topological polar surface area (TPSA) is 102 Å². The number of fused-ring (bicyclic) bond motifs is 4. The maximum absolute atomic E-state index is 13.1. The van der Waals surface area contributed by atoms with Crippen LogP contribution in [0.15, 0.2) is 48.7 Å². The summed E-state index contributed by atoms with van der Waals surface area (Å²) in [5, 5.41) is 14.7. The van der Waals surface area contributed by atoms with Gasteiger partial charge in [0.15, 0.2) is 11.5 Å². The number of aromatic nitrogens is 1. The Balaban J connectivity index is 1.04. The minimum Gasteiger partial charge on any atom is -0.493 e. The van der Waals surface area contributed by atoms with Gasteiger partial charge in [-0.25, -0.2) is 4.79 Å². The van der Waals surface area contributed by atoms with E-state index in [0.717, 1.165) is 87.5 Å². The number of nitrogens with zero attached hydrogens (tertiary/aromatic N) is 2. The third-order valence-corrected chi connectivity index (χ3v) is 13.6. The molecule has 5 atom stereocenters. The lowest BCUT2D eigenvalue weighted by atomic mass is 9.59. The van der Waals surface area contributed by atoms with Crippen molar-refractivity contribution >= 4 is 23.3 Å². The lowest BCUT2D eigenvalue weighted by Crippen LogP contribution is -2.53. The van der Waals surface area contributed by atoms with Gasteiger partial charge in [-0.1, -0.05) is 31.5 Å². The molecule has 0 amide bonds. The number of benzene rings is 2. The molecular formula is C44H56ClN3O6. The summed E-state index contributed by atoms with van der Waals surface area (Å²) in [5.41, 5.74) is 4.54. The number of piperidine rings is 1. The molecule has 2 fully saturated rings. The molecule has 8 rings (SSSR count). The fourth-order valence-corrected chi connectivity index (χ4v) is 10.7. The first-order valence-corrected chi connectivity index (χ1v) is 20.6. The van der Waals surface area contributed by atoms with Crippen LogP contribution in [0.5, 0.6) is 17.2 Å². The average molecular weight is 758 g/mol. The molecule has 1 spiro atoms. The maximum atomic E-state index is 13.1. The number of hydrogen-bond acceptors (Lipinski definition) is 8. The molecule has 1 aromatic heterocycles. The summed E-state index contributed by atoms with van der Waals surface area (Å²) in [6.45, 7) is 8.50. The van der Waals surface area contributed by atoms with Crippen LogP contribution in [0.25, 0.3) is 0 Å². The van der Waals surface area contributed by atoms with Gasteiger partial charge in [0.2, 0.25) is 0 Å². The van der Waals surface area contributed by atoms with E-state index in [4.69, 9.17) is 30.5 Å². The van der Waals surface area contributed by atoms with E-state index in [9.17, 15) is 9.90 Å². The van der Waals surface area contributed by atoms with Crippen molar-refractivity contribution in [1.29, 1.82) is 0 Å². The number of ether oxygens (including phenoxy) is 4. The number of carboxylic acid groups (broad SMARTS) is 1. The molecule has 54 heavy (non-hydrogen) atoms. The molecule has 9 nitrogen and oxygen atoms in total. The Morgan fingerprint density at radius 3 is 2.78 bits per heavy atom. The van der Waals surface area contributed by atoms with Crippen LogP contribution in [0.2, 0.25) is 5.02 Å². The highest BCUT2D eigenvalue weighted by Crippen LogP contribution is 2.58. The highest BCUT2D eigenvalue weighted by Gasteiger charge is 2.54. The molecule has 1 saturated heterocycles. The number of rotatable bonds is 11. The minimum atomic E-state index is -1.08. The molecule has 10 heteroatoms. The molecule has 3 unspecified atom stereocenters. The lowest BCUT2D eigenvalue weighted by molar-refractivity contribution is -0.144. The summed E-state index contributed by atoms with van der Waals surface area (Å²) in [4.78, 5) is 20.2. The van der Waals surface area contributed by atoms with E-state index in [-0.39, 0.29) is 17.6 Å². The molecule has 3 heterocycles. The molecule has 2 aliphatic heterocycles. The van der Waals surface area contributed by atoms with Crippen molar-refractivity contribution in [3.05, 3.63) is 76.1 Å². The number of anilines is 1. The van der Waals surface area contributed by atoms with Gasteiger partial charge in [-0.3, -0.25) is 9.88 Å². The first-order chi connectivity index (χ1) is 26.1. The van der Waals surface area contributed by atoms with Gasteiger partial charge >= 0.3 is 5.97 Å². The number of pyridine rings is 1. The van der Waals surface area contributed by atoms with E-state index >= 15 is 0 Å². The van der Waals surface area contributed by atoms with Gasteiger partial charge in [0, 0.05) is 48.4 Å². The molecule has 2 N–H and O–H groups in total. The monoisotopic (exact) mass is 757 g/mol. The second-order valence-corrected chi connectivity index (χ2v) is 17.4. The largest absolute Gasteiger partial charge is 0.493 e. The number of hydrogen-bond donors (Lipinski definition) is 2. The van der Waals surface area contributed by atoms with E-state index in [1.165, 1.54) is 35.2 Å². The Morgan fingerprint density at radius 1 is 1.13 bits per heavy atom. The van der Waals surface area contributed by atoms with Crippen molar-refractivity contribution in [2.75, 3.05) is 45.3 Å². The molecule has 5 aliphatic rings. The van der Waals surface area contributed by atoms with Gasteiger partial charge in [-0.15, -0.1) is 0 Å². The summed E-state index contributed by atoms with van der Waals surface area (Å²) in [5.74, 6) is 2.88. The van der Waals surface area contributed by atoms with E-state index in [0.29, 0.717) is 48.8 Å². The number of carboxylic acids is 1. The molecule has 3 aromatic rings. The predicted octanol–water partition coefficient (Wildman–Crippen LogP) is 8.45. The summed E-state index contributed by atoms with van der Waals surface area (Å²) in [6.07, 6.45) is 12.1. The van der Waals surface area contributed by atoms with Crippen LogP contribution in [0.4, 0.5) is 5.69 Å². The van der Waals surface area contributed by atoms with Crippen molar-refractivity contribution in [2.24, 2.45) is 11.8 Å². The van der Waals surface area contributed by atoms with Crippen LogP contribution in [0.3, 0.4) is 0 Å². The first-order valence-electron chi connectivity index (χ1n) is 20.2. The number of aryl methyl sites for hydroxylation is 1. The van der Waals surface area contributed by atoms with Gasteiger partial charge in [-0.2, -0.15) is 0 Å². The summed E-state index contributed by atoms with van der Waals surface area (Å²) in [7, 11) is 1.80. The number of likely N-dealkylation sites (tertiary alicyclic amines) is 1. The van der Waals surface area contributed by atoms with Crippen molar-refractivity contribution in [2.45, 2.75) is 114 Å². The highest BCUT2D eigenvalue weighted by atomic mass is 35.5. The summed E-state index contributed by atoms with van der Waals surface area (Å²) < 4.78 is 25.5. The second-order valence-electron chi connectivity index (χ2n) is 17.0. The Hall–Kier alpha value is -3.53. The number of halogens is 1. The quantitative estimate of drug-likeness (QED) is 0.200. The van der Waals surface area contributed by atoms with Crippen molar-refractivity contribution in [3.8, 4) is 17.2 Å². The van der Waals surface area contributed by atoms with E-state index in [1.807, 2.05) is 36.5 Å². The van der Waals surface area contributed by atoms with Gasteiger partial charge in [-0.05, 0) is 148 Å². The SMILES string of the molecule is COC1CCCN(CC2COc3cc4c(cc3O2)C2(CCC(Nc3cccc(Cl)c3)(C(=O)O)CC2)C(C[C@@H](C)COc2ccnc3c2[C@H](C)CCC3)C4)C1. The van der Waals surface area contributed by atoms with Crippen LogP contribution >= 0.6 is 11.6 Å². The molecule has 0 bridgehead atoms. The third kappa shape index (κ3) is 7.40. The van der Waals surface area contributed by atoms with Gasteiger partial charge in [0.1, 0.15) is 24.0 Å². The standard InChI is InChI=1S/C44H56ClN3O6/c1-28(26-52-38-12-17-46-37-11-4-7-29(2)41(37)38)19-31-20-30-21-39-40(54-35(27-53-39)25-48-18-6-10-34(24-48)51-3)23-36(30)43(31)13-15-44(16-14-43,42(49)50)47-33-9-5-8-32(45)22-33/h5,8-9,12,17,21-23,28-29,31,34-35,47H,4,6-7,10-11,13-16,18-20,24-27H2,1-3H3,(H,49,50)/t28-,29-,31?,34?,35?,43?,44?/m1/s1. The summed E-state index contributed by atoms with van der Waals surface area (Å²) in [6, 6.07) is 13.9. The Morgan fingerprint density at radius 2 is 1.98 bits per heavy atom. The van der Waals surface area contributed by atoms with Crippen molar-refractivity contribution in [3.63, 3.8) is 0 Å². The molecule has 0 radical (unpaired) electrons. The van der Waals surface area contributed by atoms with Crippen LogP contribution < -0.4 is 19.5 Å². The smallest absolute Gasteiger partial charge is 0.329 e. The zero-order valence-electron chi connectivity index (χ0n) is 32.1. The number of methoxy groups -OCH3 is 1. The number of nitrogens with one attached hydrogen (secondary N) is 1. The Kier molecular flexibility index (Phi) is 10.8. The van der Waals surface area contributed by atoms with Gasteiger partial charge in [0.05, 0.1) is 12.7 Å². The normalized spacial score (nSPS) is 29.6. The van der Waals surface area contributed by atoms with Crippen molar-refractivity contribution in [1.82, 2.24) is 9.88 Å². The van der Waals surface area contributed by atoms with Crippen molar-refractivity contribution < 1.29 is 28.8 Å². The van der Waals surface area contributed by atoms with Gasteiger partial charge in [0.25, 0.3) is 0 Å². The van der Waals surface area contributed by atoms with Crippen LogP contribution in [-0.2, 0) is 27.8 Å². The molecule has 290 valence electrons. The molecule has 2 aromatic carbocycles. The van der Waals surface area contributed by atoms with Crippen LogP contribution in [-0.4, -0.2) is 78.7 Å². The fourth-order valence-electron chi connectivity index (χ4n) is 10.5. The van der Waals surface area contributed by atoms with E-state index < -0.39 is 11.5 Å². The second kappa shape index (κ2) is 15.5. The Bertz CT molecular complexity index is 1830. The van der Waals surface area contributed by atoms with Crippen LogP contribution in [0, 0.1) is 11.8 Å². The molecule has 3 aliphatic carbocycles. The zero-order valence-corrected chi connectivity index (χ0v) is 32.8. The highest BCUT2D eigenvalue weighted by molar-refractivity contribution is 6.30. The zero-order chi connectivity index (χ0) is 37.5. The predicted molar refractivity (Wildman–Crippen MR) is 210 cm³/mol. The maximum Gasteiger partial charge on any atom is 0.329 e. The minimum absolute atomic E-state index is 0.0639. The number of aliphatic carboxylic acids is 1. The molecular weight excluding hydrogens is 702 g/mol. The Labute approximate surface area is 325 Å². The summed E-state index contributed by atoms with van der Waals surface area (Å²) >= 11 is 6.32. The van der Waals surface area contributed by atoms with Crippen LogP contribution in [0.1, 0.15) is 99.9 Å². The van der Waals surface area contributed by atoms with Gasteiger partial charge < -0.3 is 29.4 Å². The van der Waals surface area contributed by atoms with E-state index in [1.54, 1.807) is 7.11 Å². The van der Waals surface area contributed by atoms with E-state index in [2.05, 4.69) is 41.2 Å². The molecule has 1 saturated carbocycles. The average Bonchev–Trinajstić information content (AvgIpc) is 3.44. The lowest BCUT2D eigenvalue weighted by Gasteiger charge is -2.47.